The standard InChI is InChI=1S/C30H26ClN5O/c1-20-13-15-24(16-14-20)32-30(37)35-19-26-21(2)33-36(25-10-4-3-5-11-25)29(26)34-17-7-12-27(34)28(35)22-8-6-9-23(31)18-22/h3-18,28H,19H2,1-2H3,(H,32,37)/t28-/m0/s1. The number of urea groups is 1. The summed E-state index contributed by atoms with van der Waals surface area (Å²) in [6.07, 6.45) is 2.04. The molecule has 0 spiro atoms. The molecule has 1 atom stereocenters. The fraction of sp³-hybridized carbons (Fsp3) is 0.133. The Morgan fingerprint density at radius 2 is 1.73 bits per heavy atom. The Kier molecular flexibility index (Phi) is 5.81. The van der Waals surface area contributed by atoms with Crippen LogP contribution >= 0.6 is 11.6 Å². The monoisotopic (exact) mass is 507 g/mol. The van der Waals surface area contributed by atoms with Gasteiger partial charge >= 0.3 is 6.03 Å². The van der Waals surface area contributed by atoms with E-state index in [4.69, 9.17) is 16.7 Å². The second-order valence-corrected chi connectivity index (χ2v) is 9.76. The van der Waals surface area contributed by atoms with Crippen molar-refractivity contribution in [1.29, 1.82) is 0 Å². The third-order valence-electron chi connectivity index (χ3n) is 6.81. The van der Waals surface area contributed by atoms with E-state index in [2.05, 4.69) is 16.0 Å². The molecule has 5 aromatic rings. The highest BCUT2D eigenvalue weighted by Crippen LogP contribution is 2.39. The molecule has 0 radical (unpaired) electrons. The number of amides is 2. The van der Waals surface area contributed by atoms with Crippen molar-refractivity contribution >= 4 is 23.3 Å². The molecule has 0 unspecified atom stereocenters. The Morgan fingerprint density at radius 3 is 2.49 bits per heavy atom. The van der Waals surface area contributed by atoms with Gasteiger partial charge < -0.3 is 14.8 Å². The average molecular weight is 508 g/mol. The van der Waals surface area contributed by atoms with E-state index in [0.717, 1.165) is 45.3 Å². The van der Waals surface area contributed by atoms with Gasteiger partial charge in [-0.1, -0.05) is 59.6 Å². The maximum Gasteiger partial charge on any atom is 0.322 e. The maximum atomic E-state index is 13.9. The molecular formula is C30H26ClN5O. The van der Waals surface area contributed by atoms with Crippen molar-refractivity contribution in [2.24, 2.45) is 0 Å². The number of aromatic nitrogens is 3. The summed E-state index contributed by atoms with van der Waals surface area (Å²) in [5.74, 6) is 0.932. The number of nitrogens with zero attached hydrogens (tertiary/aromatic N) is 4. The van der Waals surface area contributed by atoms with Crippen LogP contribution in [-0.2, 0) is 6.54 Å². The summed E-state index contributed by atoms with van der Waals surface area (Å²) >= 11 is 6.44. The van der Waals surface area contributed by atoms with E-state index in [1.807, 2.05) is 115 Å². The lowest BCUT2D eigenvalue weighted by atomic mass is 10.0. The zero-order valence-electron chi connectivity index (χ0n) is 20.6. The fourth-order valence-electron chi connectivity index (χ4n) is 5.01. The number of nitrogens with one attached hydrogen (secondary N) is 1. The summed E-state index contributed by atoms with van der Waals surface area (Å²) in [7, 11) is 0. The molecule has 184 valence electrons. The molecule has 2 amide bonds. The van der Waals surface area contributed by atoms with E-state index in [1.54, 1.807) is 0 Å². The second-order valence-electron chi connectivity index (χ2n) is 9.32. The van der Waals surface area contributed by atoms with Gasteiger partial charge in [0, 0.05) is 22.5 Å². The third kappa shape index (κ3) is 4.19. The van der Waals surface area contributed by atoms with Crippen molar-refractivity contribution in [2.75, 3.05) is 5.32 Å². The fourth-order valence-corrected chi connectivity index (χ4v) is 5.21. The summed E-state index contributed by atoms with van der Waals surface area (Å²) in [5.41, 5.74) is 6.60. The van der Waals surface area contributed by atoms with Crippen LogP contribution < -0.4 is 5.32 Å². The maximum absolute atomic E-state index is 13.9. The Morgan fingerprint density at radius 1 is 0.946 bits per heavy atom. The Bertz CT molecular complexity index is 1590. The normalized spacial score (nSPS) is 14.6. The van der Waals surface area contributed by atoms with E-state index in [-0.39, 0.29) is 12.1 Å². The molecular weight excluding hydrogens is 482 g/mol. The number of halogens is 1. The Hall–Kier alpha value is -4.29. The van der Waals surface area contributed by atoms with Crippen LogP contribution in [0.2, 0.25) is 5.02 Å². The summed E-state index contributed by atoms with van der Waals surface area (Å²) in [4.78, 5) is 15.8. The largest absolute Gasteiger partial charge is 0.322 e. The Balaban J connectivity index is 1.53. The van der Waals surface area contributed by atoms with E-state index in [9.17, 15) is 4.79 Å². The zero-order valence-corrected chi connectivity index (χ0v) is 21.4. The topological polar surface area (TPSA) is 55.1 Å². The molecule has 0 bridgehead atoms. The molecule has 1 aliphatic heterocycles. The van der Waals surface area contributed by atoms with E-state index >= 15 is 0 Å². The lowest BCUT2D eigenvalue weighted by Gasteiger charge is -2.31. The summed E-state index contributed by atoms with van der Waals surface area (Å²) in [6, 6.07) is 29.1. The van der Waals surface area contributed by atoms with Gasteiger partial charge in [-0.2, -0.15) is 5.10 Å². The molecule has 6 rings (SSSR count). The quantitative estimate of drug-likeness (QED) is 0.284. The number of carbonyl (C=O) groups excluding carboxylic acids is 1. The molecule has 2 aromatic heterocycles. The number of aryl methyl sites for hydroxylation is 2. The van der Waals surface area contributed by atoms with Crippen LogP contribution in [0, 0.1) is 13.8 Å². The number of para-hydroxylation sites is 1. The number of rotatable bonds is 3. The van der Waals surface area contributed by atoms with Gasteiger partial charge in [-0.15, -0.1) is 0 Å². The lowest BCUT2D eigenvalue weighted by molar-refractivity contribution is 0.194. The molecule has 0 saturated heterocycles. The van der Waals surface area contributed by atoms with Crippen molar-refractivity contribution < 1.29 is 4.79 Å². The van der Waals surface area contributed by atoms with Crippen molar-refractivity contribution in [3.63, 3.8) is 0 Å². The first-order valence-corrected chi connectivity index (χ1v) is 12.6. The molecule has 3 aromatic carbocycles. The van der Waals surface area contributed by atoms with Crippen molar-refractivity contribution in [3.05, 3.63) is 130 Å². The number of benzene rings is 3. The van der Waals surface area contributed by atoms with Crippen molar-refractivity contribution in [2.45, 2.75) is 26.4 Å². The Labute approximate surface area is 220 Å². The predicted molar refractivity (Wildman–Crippen MR) is 147 cm³/mol. The number of carbonyl (C=O) groups is 1. The SMILES string of the molecule is Cc1ccc(NC(=O)N2Cc3c(C)nn(-c4ccccc4)c3-n3cccc3[C@@H]2c2cccc(Cl)c2)cc1. The number of anilines is 1. The van der Waals surface area contributed by atoms with Gasteiger partial charge in [-0.25, -0.2) is 9.48 Å². The molecule has 0 fully saturated rings. The summed E-state index contributed by atoms with van der Waals surface area (Å²) in [5, 5.41) is 8.64. The van der Waals surface area contributed by atoms with Crippen LogP contribution in [-0.4, -0.2) is 25.3 Å². The summed E-state index contributed by atoms with van der Waals surface area (Å²) in [6.45, 7) is 4.40. The first-order chi connectivity index (χ1) is 18.0. The minimum Gasteiger partial charge on any atom is -0.308 e. The van der Waals surface area contributed by atoms with Gasteiger partial charge in [-0.05, 0) is 67.9 Å². The van der Waals surface area contributed by atoms with Crippen LogP contribution in [0.4, 0.5) is 10.5 Å². The van der Waals surface area contributed by atoms with Gasteiger partial charge in [0.1, 0.15) is 5.82 Å². The van der Waals surface area contributed by atoms with E-state index < -0.39 is 0 Å². The van der Waals surface area contributed by atoms with Crippen LogP contribution in [0.3, 0.4) is 0 Å². The van der Waals surface area contributed by atoms with Crippen LogP contribution in [0.5, 0.6) is 0 Å². The minimum absolute atomic E-state index is 0.193. The van der Waals surface area contributed by atoms with E-state index in [0.29, 0.717) is 11.6 Å². The zero-order chi connectivity index (χ0) is 25.5. The van der Waals surface area contributed by atoms with Gasteiger partial charge in [0.05, 0.1) is 29.7 Å². The molecule has 6 nitrogen and oxygen atoms in total. The second kappa shape index (κ2) is 9.30. The lowest BCUT2D eigenvalue weighted by Crippen LogP contribution is -2.38. The molecule has 1 aliphatic rings. The molecule has 3 heterocycles. The first kappa shape index (κ1) is 23.1. The van der Waals surface area contributed by atoms with E-state index in [1.165, 1.54) is 0 Å². The van der Waals surface area contributed by atoms with Crippen LogP contribution in [0.15, 0.2) is 97.2 Å². The third-order valence-corrected chi connectivity index (χ3v) is 7.05. The molecule has 7 heteroatoms. The average Bonchev–Trinajstić information content (AvgIpc) is 3.46. The van der Waals surface area contributed by atoms with Crippen LogP contribution in [0.1, 0.15) is 34.1 Å². The first-order valence-electron chi connectivity index (χ1n) is 12.2. The highest BCUT2D eigenvalue weighted by molar-refractivity contribution is 6.30. The van der Waals surface area contributed by atoms with Gasteiger partial charge in [-0.3, -0.25) is 0 Å². The molecule has 0 aliphatic carbocycles. The molecule has 0 saturated carbocycles. The molecule has 37 heavy (non-hydrogen) atoms. The number of hydrogen-bond acceptors (Lipinski definition) is 2. The minimum atomic E-state index is -0.366. The highest BCUT2D eigenvalue weighted by Gasteiger charge is 2.36. The van der Waals surface area contributed by atoms with Crippen molar-refractivity contribution in [1.82, 2.24) is 19.2 Å². The molecule has 1 N–H and O–H groups in total. The van der Waals surface area contributed by atoms with Gasteiger partial charge in [0.15, 0.2) is 0 Å². The highest BCUT2D eigenvalue weighted by atomic mass is 35.5. The van der Waals surface area contributed by atoms with Crippen molar-refractivity contribution in [3.8, 4) is 11.5 Å². The smallest absolute Gasteiger partial charge is 0.308 e. The van der Waals surface area contributed by atoms with Gasteiger partial charge in [0.2, 0.25) is 0 Å². The number of hydrogen-bond donors (Lipinski definition) is 1. The summed E-state index contributed by atoms with van der Waals surface area (Å²) < 4.78 is 4.11. The van der Waals surface area contributed by atoms with Gasteiger partial charge in [0.25, 0.3) is 0 Å². The number of fused-ring (bicyclic) bond motifs is 3. The van der Waals surface area contributed by atoms with Crippen LogP contribution in [0.25, 0.3) is 11.5 Å². The predicted octanol–water partition coefficient (Wildman–Crippen LogP) is 7.07.